The van der Waals surface area contributed by atoms with Crippen molar-refractivity contribution in [2.24, 2.45) is 0 Å². The Morgan fingerprint density at radius 3 is 1.12 bits per heavy atom. The summed E-state index contributed by atoms with van der Waals surface area (Å²) in [6.07, 6.45) is 0. The zero-order valence-electron chi connectivity index (χ0n) is 19.0. The van der Waals surface area contributed by atoms with Gasteiger partial charge in [0.15, 0.2) is 0 Å². The molecule has 0 aliphatic carbocycles. The van der Waals surface area contributed by atoms with Crippen LogP contribution in [0.25, 0.3) is 0 Å². The molecule has 1 heterocycles. The monoisotopic (exact) mass is 390 g/mol. The van der Waals surface area contributed by atoms with Crippen LogP contribution in [-0.4, -0.2) is 44.4 Å². The van der Waals surface area contributed by atoms with Gasteiger partial charge in [-0.05, 0) is 90.0 Å². The molecule has 1 aliphatic heterocycles. The van der Waals surface area contributed by atoms with Gasteiger partial charge in [-0.25, -0.2) is 0 Å². The molecule has 0 amide bonds. The summed E-state index contributed by atoms with van der Waals surface area (Å²) in [5.74, 6) is 0. The lowest BCUT2D eigenvalue weighted by molar-refractivity contribution is -0.120. The summed E-state index contributed by atoms with van der Waals surface area (Å²) in [6, 6.07) is 0. The fourth-order valence-electron chi connectivity index (χ4n) is 2.21. The largest absolute Gasteiger partial charge is 0.669 e. The van der Waals surface area contributed by atoms with Crippen molar-refractivity contribution in [1.82, 2.24) is 0 Å². The van der Waals surface area contributed by atoms with E-state index in [1.807, 2.05) is 90.0 Å². The Morgan fingerprint density at radius 2 is 0.885 bits per heavy atom. The van der Waals surface area contributed by atoms with Crippen LogP contribution in [0.5, 0.6) is 0 Å². The lowest BCUT2D eigenvalue weighted by atomic mass is 9.90. The third-order valence-electron chi connectivity index (χ3n) is 3.77. The Morgan fingerprint density at radius 1 is 0.615 bits per heavy atom. The van der Waals surface area contributed by atoms with Crippen molar-refractivity contribution >= 4 is 16.4 Å². The summed E-state index contributed by atoms with van der Waals surface area (Å²) < 4.78 is 37.1. The molecule has 1 saturated heterocycles. The highest BCUT2D eigenvalue weighted by atomic mass is 28.4. The molecule has 1 aliphatic rings. The van der Waals surface area contributed by atoms with Gasteiger partial charge in [-0.15, -0.1) is 0 Å². The van der Waals surface area contributed by atoms with E-state index in [9.17, 15) is 0 Å². The molecule has 154 valence electrons. The second-order valence-corrected chi connectivity index (χ2v) is 12.7. The van der Waals surface area contributed by atoms with Crippen LogP contribution in [0.2, 0.25) is 0 Å². The van der Waals surface area contributed by atoms with Crippen LogP contribution < -0.4 is 0 Å². The molecule has 0 atom stereocenters. The first-order chi connectivity index (χ1) is 11.2. The summed E-state index contributed by atoms with van der Waals surface area (Å²) in [6.45, 7) is 25.4. The van der Waals surface area contributed by atoms with Crippen LogP contribution in [-0.2, 0) is 26.9 Å². The zero-order valence-corrected chi connectivity index (χ0v) is 20.0. The van der Waals surface area contributed by atoms with E-state index in [1.54, 1.807) is 0 Å². The Labute approximate surface area is 161 Å². The van der Waals surface area contributed by atoms with E-state index >= 15 is 0 Å². The molecule has 0 aromatic carbocycles. The zero-order chi connectivity index (χ0) is 20.8. The van der Waals surface area contributed by atoms with Crippen molar-refractivity contribution in [3.8, 4) is 0 Å². The molecule has 0 aromatic rings. The molecule has 1 rings (SSSR count). The normalized spacial score (nSPS) is 21.3. The maximum Gasteiger partial charge on any atom is 0.669 e. The van der Waals surface area contributed by atoms with Crippen LogP contribution in [0.1, 0.15) is 90.0 Å². The van der Waals surface area contributed by atoms with Gasteiger partial charge < -0.3 is 26.9 Å². The second kappa shape index (κ2) is 7.13. The highest BCUT2D eigenvalue weighted by Crippen LogP contribution is 2.39. The molecule has 0 spiro atoms. The fourth-order valence-corrected chi connectivity index (χ4v) is 5.07. The first kappa shape index (κ1) is 24.1. The first-order valence-corrected chi connectivity index (χ1v) is 10.9. The Balaban J connectivity index is 3.24. The molecule has 0 saturated carbocycles. The summed E-state index contributed by atoms with van der Waals surface area (Å²) in [7, 11) is -4.57. The summed E-state index contributed by atoms with van der Waals surface area (Å²) in [5, 5.41) is 0. The molecular weight excluding hydrogens is 351 g/mol. The van der Waals surface area contributed by atoms with E-state index in [2.05, 4.69) is 0 Å². The van der Waals surface area contributed by atoms with Crippen molar-refractivity contribution in [2.45, 2.75) is 118 Å². The van der Waals surface area contributed by atoms with Crippen LogP contribution in [0.15, 0.2) is 0 Å². The van der Waals surface area contributed by atoms with Crippen LogP contribution in [0, 0.1) is 0 Å². The van der Waals surface area contributed by atoms with Gasteiger partial charge >= 0.3 is 16.4 Å². The molecule has 0 bridgehead atoms. The average Bonchev–Trinajstić information content (AvgIpc) is 2.35. The predicted molar refractivity (Wildman–Crippen MR) is 105 cm³/mol. The van der Waals surface area contributed by atoms with Crippen LogP contribution in [0.3, 0.4) is 0 Å². The highest BCUT2D eigenvalue weighted by Gasteiger charge is 2.62. The van der Waals surface area contributed by atoms with Gasteiger partial charge in [-0.1, -0.05) is 0 Å². The van der Waals surface area contributed by atoms with Gasteiger partial charge in [0.1, 0.15) is 0 Å². The molecule has 8 heteroatoms. The van der Waals surface area contributed by atoms with E-state index in [-0.39, 0.29) is 0 Å². The van der Waals surface area contributed by atoms with Gasteiger partial charge in [-0.2, -0.15) is 0 Å². The van der Waals surface area contributed by atoms with Gasteiger partial charge in [0.25, 0.3) is 0 Å². The minimum Gasteiger partial charge on any atom is -0.378 e. The second-order valence-electron chi connectivity index (χ2n) is 10.8. The van der Waals surface area contributed by atoms with E-state index in [4.69, 9.17) is 26.9 Å². The number of hydrogen-bond donors (Lipinski definition) is 0. The minimum absolute atomic E-state index is 0.525. The molecule has 6 nitrogen and oxygen atoms in total. The number of rotatable bonds is 5. The molecule has 0 aromatic heterocycles. The van der Waals surface area contributed by atoms with Gasteiger partial charge in [0.2, 0.25) is 0 Å². The summed E-state index contributed by atoms with van der Waals surface area (Å²) in [5.41, 5.74) is -2.66. The predicted octanol–water partition coefficient (Wildman–Crippen LogP) is 4.47. The van der Waals surface area contributed by atoms with E-state index in [0.717, 1.165) is 0 Å². The quantitative estimate of drug-likeness (QED) is 0.646. The van der Waals surface area contributed by atoms with Gasteiger partial charge in [-0.3, -0.25) is 0 Å². The molecule has 0 radical (unpaired) electrons. The van der Waals surface area contributed by atoms with Crippen LogP contribution in [0.4, 0.5) is 0 Å². The van der Waals surface area contributed by atoms with Crippen molar-refractivity contribution < 1.29 is 26.9 Å². The maximum absolute atomic E-state index is 6.29. The minimum atomic E-state index is -3.64. The Hall–Kier alpha value is 0.0418. The SMILES string of the molecule is CC(C)(C)O[Si](OB1OC(C)(C)C(C)(C)O1)(OC(C)(C)C)OC(C)(C)C. The molecule has 1 fully saturated rings. The fraction of sp³-hybridized carbons (Fsp3) is 1.00. The smallest absolute Gasteiger partial charge is 0.378 e. The lowest BCUT2D eigenvalue weighted by Gasteiger charge is -2.41. The van der Waals surface area contributed by atoms with Crippen LogP contribution >= 0.6 is 0 Å². The van der Waals surface area contributed by atoms with E-state index in [1.165, 1.54) is 0 Å². The Kier molecular flexibility index (Phi) is 6.61. The molecule has 26 heavy (non-hydrogen) atoms. The summed E-state index contributed by atoms with van der Waals surface area (Å²) >= 11 is 0. The topological polar surface area (TPSA) is 55.4 Å². The van der Waals surface area contributed by atoms with Gasteiger partial charge in [0.05, 0.1) is 28.0 Å². The van der Waals surface area contributed by atoms with Crippen molar-refractivity contribution in [1.29, 1.82) is 0 Å². The van der Waals surface area contributed by atoms with E-state index in [0.29, 0.717) is 0 Å². The van der Waals surface area contributed by atoms with Crippen molar-refractivity contribution in [3.05, 3.63) is 0 Å². The average molecular weight is 390 g/mol. The van der Waals surface area contributed by atoms with Crippen molar-refractivity contribution in [2.75, 3.05) is 0 Å². The molecule has 0 unspecified atom stereocenters. The third kappa shape index (κ3) is 7.22. The standard InChI is InChI=1S/C18H39BO6Si/c1-14(2,3)22-26(23-15(4,5)6,24-16(7,8)9)25-19-20-17(10,11)18(12,13)21-19/h1-13H3. The van der Waals surface area contributed by atoms with E-state index < -0.39 is 44.4 Å². The third-order valence-corrected chi connectivity index (χ3v) is 6.83. The van der Waals surface area contributed by atoms with Crippen molar-refractivity contribution in [3.63, 3.8) is 0 Å². The Bertz CT molecular complexity index is 431. The summed E-state index contributed by atoms with van der Waals surface area (Å²) in [4.78, 5) is 0. The van der Waals surface area contributed by atoms with Gasteiger partial charge in [0, 0.05) is 0 Å². The lowest BCUT2D eigenvalue weighted by Crippen LogP contribution is -2.61. The number of hydrogen-bond acceptors (Lipinski definition) is 6. The first-order valence-electron chi connectivity index (χ1n) is 9.29. The molecular formula is C18H39BO6Si. The highest BCUT2D eigenvalue weighted by molar-refractivity contribution is 6.62. The maximum atomic E-state index is 6.29. The molecule has 0 N–H and O–H groups in total.